The first-order chi connectivity index (χ1) is 17.6. The molecule has 2 heterocycles. The van der Waals surface area contributed by atoms with Crippen LogP contribution in [0.25, 0.3) is 27.7 Å². The first-order valence-electron chi connectivity index (χ1n) is 11.8. The van der Waals surface area contributed by atoms with E-state index in [1.54, 1.807) is 30.3 Å². The fourth-order valence-corrected chi connectivity index (χ4v) is 4.60. The van der Waals surface area contributed by atoms with Gasteiger partial charge < -0.3 is 19.3 Å². The van der Waals surface area contributed by atoms with Gasteiger partial charge in [0.15, 0.2) is 0 Å². The lowest BCUT2D eigenvalue weighted by atomic mass is 10.0. The molecule has 0 radical (unpaired) electrons. The fourth-order valence-electron chi connectivity index (χ4n) is 4.60. The minimum atomic E-state index is -0.364. The van der Waals surface area contributed by atoms with Crippen molar-refractivity contribution < 1.29 is 19.0 Å². The summed E-state index contributed by atoms with van der Waals surface area (Å²) in [6.07, 6.45) is 12.0. The Morgan fingerprint density at radius 3 is 2.92 bits per heavy atom. The number of carbonyl (C=O) groups excluding carboxylic acids is 1. The summed E-state index contributed by atoms with van der Waals surface area (Å²) in [6.45, 7) is 0.121. The molecule has 2 aromatic heterocycles. The predicted octanol–water partition coefficient (Wildman–Crippen LogP) is 4.62. The molecule has 1 aliphatic rings. The number of nitrogens with one attached hydrogen (secondary N) is 1. The Labute approximate surface area is 208 Å². The number of methoxy groups -OCH3 is 1. The van der Waals surface area contributed by atoms with Gasteiger partial charge in [0, 0.05) is 55.7 Å². The summed E-state index contributed by atoms with van der Waals surface area (Å²) in [5, 5.41) is 17.4. The zero-order valence-electron chi connectivity index (χ0n) is 19.9. The molecule has 2 aromatic carbocycles. The Balaban J connectivity index is 1.59. The van der Waals surface area contributed by atoms with Crippen LogP contribution < -0.4 is 0 Å². The van der Waals surface area contributed by atoms with E-state index in [0.717, 1.165) is 27.7 Å². The van der Waals surface area contributed by atoms with Crippen LogP contribution in [0, 0.1) is 5.82 Å². The quantitative estimate of drug-likeness (QED) is 0.381. The highest BCUT2D eigenvalue weighted by molar-refractivity contribution is 6.08. The molecule has 5 rings (SSSR count). The van der Waals surface area contributed by atoms with E-state index in [4.69, 9.17) is 4.74 Å². The van der Waals surface area contributed by atoms with Gasteiger partial charge in [-0.1, -0.05) is 36.4 Å². The predicted molar refractivity (Wildman–Crippen MR) is 137 cm³/mol. The van der Waals surface area contributed by atoms with Crippen molar-refractivity contribution in [2.45, 2.75) is 19.1 Å². The van der Waals surface area contributed by atoms with E-state index in [1.807, 2.05) is 53.4 Å². The SMILES string of the molecule is COC1C=CC=C(n2cc(C(=O)N(CCO)Cc3cccc(F)c3)c3ccc(-c4cn[nH]c4)cc32)C1. The maximum Gasteiger partial charge on any atom is 0.256 e. The van der Waals surface area contributed by atoms with E-state index in [-0.39, 0.29) is 37.5 Å². The zero-order chi connectivity index (χ0) is 25.1. The lowest BCUT2D eigenvalue weighted by Gasteiger charge is -2.22. The van der Waals surface area contributed by atoms with Crippen LogP contribution in [-0.4, -0.2) is 57.0 Å². The van der Waals surface area contributed by atoms with Crippen molar-refractivity contribution >= 4 is 22.5 Å². The number of hydrogen-bond acceptors (Lipinski definition) is 4. The molecular formula is C28H27FN4O3. The van der Waals surface area contributed by atoms with Gasteiger partial charge in [0.2, 0.25) is 0 Å². The third-order valence-electron chi connectivity index (χ3n) is 6.42. The second kappa shape index (κ2) is 10.3. The smallest absolute Gasteiger partial charge is 0.256 e. The van der Waals surface area contributed by atoms with Crippen LogP contribution in [0.2, 0.25) is 0 Å². The Morgan fingerprint density at radius 1 is 1.28 bits per heavy atom. The first kappa shape index (κ1) is 23.7. The minimum Gasteiger partial charge on any atom is -0.395 e. The number of nitrogens with zero attached hydrogens (tertiary/aromatic N) is 3. The highest BCUT2D eigenvalue weighted by atomic mass is 19.1. The van der Waals surface area contributed by atoms with Crippen LogP contribution in [0.15, 0.2) is 79.3 Å². The summed E-state index contributed by atoms with van der Waals surface area (Å²) < 4.78 is 21.4. The molecule has 1 amide bonds. The largest absolute Gasteiger partial charge is 0.395 e. The number of aliphatic hydroxyl groups is 1. The Kier molecular flexibility index (Phi) is 6.79. The standard InChI is InChI=1S/C28H27FN4O3/c1-36-24-7-3-6-23(14-24)33-18-26(25-9-8-20(13-27(25)33)21-15-30-31-16-21)28(35)32(10-11-34)17-19-4-2-5-22(29)12-19/h2-9,12-13,15-16,18,24,34H,10-11,14,17H2,1H3,(H,30,31). The van der Waals surface area contributed by atoms with E-state index in [9.17, 15) is 14.3 Å². The van der Waals surface area contributed by atoms with Gasteiger partial charge >= 0.3 is 0 Å². The number of aromatic amines is 1. The van der Waals surface area contributed by atoms with Gasteiger partial charge in [-0.15, -0.1) is 0 Å². The molecule has 0 aliphatic heterocycles. The molecule has 36 heavy (non-hydrogen) atoms. The maximum atomic E-state index is 13.8. The van der Waals surface area contributed by atoms with Gasteiger partial charge in [0.05, 0.1) is 30.0 Å². The Morgan fingerprint density at radius 2 is 2.17 bits per heavy atom. The molecule has 8 heteroatoms. The van der Waals surface area contributed by atoms with Crippen LogP contribution in [0.4, 0.5) is 4.39 Å². The topological polar surface area (TPSA) is 83.4 Å². The molecule has 2 N–H and O–H groups in total. The number of benzene rings is 2. The highest BCUT2D eigenvalue weighted by Gasteiger charge is 2.24. The van der Waals surface area contributed by atoms with Crippen molar-refractivity contribution in [2.75, 3.05) is 20.3 Å². The molecular weight excluding hydrogens is 459 g/mol. The van der Waals surface area contributed by atoms with Crippen LogP contribution in [0.5, 0.6) is 0 Å². The van der Waals surface area contributed by atoms with Gasteiger partial charge in [-0.05, 0) is 35.4 Å². The van der Waals surface area contributed by atoms with E-state index < -0.39 is 0 Å². The summed E-state index contributed by atoms with van der Waals surface area (Å²) in [6, 6.07) is 12.1. The third-order valence-corrected chi connectivity index (χ3v) is 6.42. The summed E-state index contributed by atoms with van der Waals surface area (Å²) in [5.41, 5.74) is 4.96. The number of hydrogen-bond donors (Lipinski definition) is 2. The minimum absolute atomic E-state index is 0.0578. The van der Waals surface area contributed by atoms with Crippen LogP contribution >= 0.6 is 0 Å². The second-order valence-electron chi connectivity index (χ2n) is 8.73. The first-order valence-corrected chi connectivity index (χ1v) is 11.8. The molecule has 0 spiro atoms. The van der Waals surface area contributed by atoms with Crippen molar-refractivity contribution in [2.24, 2.45) is 0 Å². The van der Waals surface area contributed by atoms with Crippen molar-refractivity contribution in [3.8, 4) is 11.1 Å². The third kappa shape index (κ3) is 4.73. The van der Waals surface area contributed by atoms with Crippen LogP contribution in [-0.2, 0) is 11.3 Å². The molecule has 1 aliphatic carbocycles. The van der Waals surface area contributed by atoms with Crippen LogP contribution in [0.3, 0.4) is 0 Å². The Bertz CT molecular complexity index is 1440. The molecule has 184 valence electrons. The van der Waals surface area contributed by atoms with Gasteiger partial charge in [0.1, 0.15) is 5.82 Å². The molecule has 7 nitrogen and oxygen atoms in total. The van der Waals surface area contributed by atoms with Crippen molar-refractivity contribution in [1.29, 1.82) is 0 Å². The van der Waals surface area contributed by atoms with Gasteiger partial charge in [-0.3, -0.25) is 9.89 Å². The number of allylic oxidation sites excluding steroid dienone is 2. The van der Waals surface area contributed by atoms with Crippen molar-refractivity contribution in [3.63, 3.8) is 0 Å². The number of rotatable bonds is 8. The molecule has 0 fully saturated rings. The normalized spacial score (nSPS) is 15.3. The molecule has 0 saturated carbocycles. The van der Waals surface area contributed by atoms with E-state index in [2.05, 4.69) is 10.2 Å². The van der Waals surface area contributed by atoms with Crippen molar-refractivity contribution in [1.82, 2.24) is 19.7 Å². The monoisotopic (exact) mass is 486 g/mol. The average Bonchev–Trinajstić information content (AvgIpc) is 3.56. The number of amides is 1. The van der Waals surface area contributed by atoms with Crippen molar-refractivity contribution in [3.05, 3.63) is 96.2 Å². The highest BCUT2D eigenvalue weighted by Crippen LogP contribution is 2.32. The molecule has 4 aromatic rings. The number of carbonyl (C=O) groups is 1. The number of aliphatic hydroxyl groups excluding tert-OH is 1. The van der Waals surface area contributed by atoms with Gasteiger partial charge in [-0.2, -0.15) is 5.10 Å². The summed E-state index contributed by atoms with van der Waals surface area (Å²) in [7, 11) is 1.68. The summed E-state index contributed by atoms with van der Waals surface area (Å²) in [4.78, 5) is 15.3. The molecule has 0 bridgehead atoms. The molecule has 1 atom stereocenters. The van der Waals surface area contributed by atoms with Crippen LogP contribution in [0.1, 0.15) is 22.3 Å². The van der Waals surface area contributed by atoms with Gasteiger partial charge in [-0.25, -0.2) is 4.39 Å². The summed E-state index contributed by atoms with van der Waals surface area (Å²) >= 11 is 0. The number of aromatic nitrogens is 3. The van der Waals surface area contributed by atoms with E-state index in [1.165, 1.54) is 12.1 Å². The number of halogens is 1. The lowest BCUT2D eigenvalue weighted by Crippen LogP contribution is -2.33. The fraction of sp³-hybridized carbons (Fsp3) is 0.214. The Hall–Kier alpha value is -4.01. The maximum absolute atomic E-state index is 13.8. The van der Waals surface area contributed by atoms with Gasteiger partial charge in [0.25, 0.3) is 5.91 Å². The molecule has 1 unspecified atom stereocenters. The van der Waals surface area contributed by atoms with E-state index in [0.29, 0.717) is 17.5 Å². The zero-order valence-corrected chi connectivity index (χ0v) is 19.9. The van der Waals surface area contributed by atoms with E-state index >= 15 is 0 Å². The lowest BCUT2D eigenvalue weighted by molar-refractivity contribution is 0.0709. The number of fused-ring (bicyclic) bond motifs is 1. The second-order valence-corrected chi connectivity index (χ2v) is 8.73. The number of H-pyrrole nitrogens is 1. The average molecular weight is 487 g/mol. The number of ether oxygens (including phenoxy) is 1. The summed E-state index contributed by atoms with van der Waals surface area (Å²) in [5.74, 6) is -0.597. The molecule has 0 saturated heterocycles.